The summed E-state index contributed by atoms with van der Waals surface area (Å²) in [6.45, 7) is 9.37. The lowest BCUT2D eigenvalue weighted by Gasteiger charge is -2.20. The summed E-state index contributed by atoms with van der Waals surface area (Å²) < 4.78 is 26.5. The number of halogens is 2. The van der Waals surface area contributed by atoms with Crippen LogP contribution in [-0.2, 0) is 0 Å². The summed E-state index contributed by atoms with van der Waals surface area (Å²) in [7, 11) is 0. The molecule has 2 heterocycles. The molecule has 2 aliphatic heterocycles. The summed E-state index contributed by atoms with van der Waals surface area (Å²) in [5.41, 5.74) is 0.691. The van der Waals surface area contributed by atoms with E-state index >= 15 is 0 Å². The number of carbonyl (C=O) groups is 1. The summed E-state index contributed by atoms with van der Waals surface area (Å²) in [5, 5.41) is 5.93. The van der Waals surface area contributed by atoms with Crippen molar-refractivity contribution in [1.29, 1.82) is 0 Å². The highest BCUT2D eigenvalue weighted by molar-refractivity contribution is 5.73. The smallest absolute Gasteiger partial charge is 0.314 e. The van der Waals surface area contributed by atoms with Gasteiger partial charge in [0.15, 0.2) is 11.6 Å². The van der Waals surface area contributed by atoms with Crippen molar-refractivity contribution >= 4 is 11.7 Å². The van der Waals surface area contributed by atoms with Crippen molar-refractivity contribution in [1.82, 2.24) is 15.5 Å². The molecule has 0 aromatic heterocycles. The number of amides is 2. The highest BCUT2D eigenvalue weighted by atomic mass is 19.2. The maximum absolute atomic E-state index is 13.4. The third-order valence-electron chi connectivity index (χ3n) is 5.70. The number of hydrogen-bond donors (Lipinski definition) is 2. The third-order valence-corrected chi connectivity index (χ3v) is 5.70. The Balaban J connectivity index is 1.35. The van der Waals surface area contributed by atoms with Gasteiger partial charge in [-0.1, -0.05) is 0 Å². The van der Waals surface area contributed by atoms with Crippen LogP contribution in [0.15, 0.2) is 18.2 Å². The fraction of sp³-hybridized carbons (Fsp3) is 0.650. The number of rotatable bonds is 6. The quantitative estimate of drug-likeness (QED) is 0.798. The van der Waals surface area contributed by atoms with Gasteiger partial charge in [0.05, 0.1) is 0 Å². The van der Waals surface area contributed by atoms with Gasteiger partial charge in [-0.2, -0.15) is 0 Å². The van der Waals surface area contributed by atoms with E-state index in [0.717, 1.165) is 45.1 Å². The summed E-state index contributed by atoms with van der Waals surface area (Å²) >= 11 is 0. The number of nitrogens with zero attached hydrogens (tertiary/aromatic N) is 2. The highest BCUT2D eigenvalue weighted by Crippen LogP contribution is 2.25. The topological polar surface area (TPSA) is 47.6 Å². The van der Waals surface area contributed by atoms with Crippen molar-refractivity contribution in [3.05, 3.63) is 29.8 Å². The zero-order valence-electron chi connectivity index (χ0n) is 16.2. The van der Waals surface area contributed by atoms with Gasteiger partial charge >= 0.3 is 6.03 Å². The van der Waals surface area contributed by atoms with Crippen molar-refractivity contribution in [2.24, 2.45) is 11.8 Å². The van der Waals surface area contributed by atoms with Gasteiger partial charge in [0.25, 0.3) is 0 Å². The Hall–Kier alpha value is -1.89. The number of nitrogens with one attached hydrogen (secondary N) is 2. The molecule has 0 saturated carbocycles. The molecule has 1 aromatic carbocycles. The average molecular weight is 380 g/mol. The van der Waals surface area contributed by atoms with Crippen LogP contribution in [0.5, 0.6) is 0 Å². The first-order valence-electron chi connectivity index (χ1n) is 9.88. The molecule has 3 rings (SSSR count). The molecule has 0 radical (unpaired) electrons. The van der Waals surface area contributed by atoms with E-state index in [2.05, 4.69) is 29.4 Å². The van der Waals surface area contributed by atoms with Gasteiger partial charge in [-0.15, -0.1) is 0 Å². The second-order valence-electron chi connectivity index (χ2n) is 8.03. The summed E-state index contributed by atoms with van der Waals surface area (Å²) in [6, 6.07) is 4.43. The zero-order chi connectivity index (χ0) is 19.4. The largest absolute Gasteiger partial charge is 0.371 e. The van der Waals surface area contributed by atoms with Crippen LogP contribution in [-0.4, -0.2) is 56.2 Å². The van der Waals surface area contributed by atoms with Crippen LogP contribution in [0.3, 0.4) is 0 Å². The Morgan fingerprint density at radius 2 is 1.74 bits per heavy atom. The maximum atomic E-state index is 13.4. The first-order valence-corrected chi connectivity index (χ1v) is 9.88. The van der Waals surface area contributed by atoms with E-state index in [1.807, 2.05) is 4.90 Å². The molecule has 2 N–H and O–H groups in total. The second kappa shape index (κ2) is 8.87. The van der Waals surface area contributed by atoms with Gasteiger partial charge in [-0.05, 0) is 57.2 Å². The molecule has 1 aromatic rings. The molecular weight excluding hydrogens is 350 g/mol. The van der Waals surface area contributed by atoms with E-state index in [4.69, 9.17) is 0 Å². The molecule has 2 atom stereocenters. The van der Waals surface area contributed by atoms with Crippen LogP contribution in [0.25, 0.3) is 0 Å². The Bertz CT molecular complexity index is 655. The minimum atomic E-state index is -0.827. The molecule has 2 saturated heterocycles. The van der Waals surface area contributed by atoms with Crippen LogP contribution >= 0.6 is 0 Å². The molecule has 7 heteroatoms. The Morgan fingerprint density at radius 3 is 2.37 bits per heavy atom. The predicted molar refractivity (Wildman–Crippen MR) is 103 cm³/mol. The van der Waals surface area contributed by atoms with E-state index in [0.29, 0.717) is 36.7 Å². The first kappa shape index (κ1) is 19.9. The minimum Gasteiger partial charge on any atom is -0.371 e. The standard InChI is InChI=1S/C20H30F2N4O/c1-14(2)25-7-5-15(12-25)10-23-20(27)24-11-16-6-8-26(13-16)17-3-4-18(21)19(22)9-17/h3-4,9,14-16H,5-8,10-13H2,1-2H3,(H2,23,24,27). The van der Waals surface area contributed by atoms with Crippen LogP contribution in [0, 0.1) is 23.5 Å². The number of benzene rings is 1. The molecule has 5 nitrogen and oxygen atoms in total. The van der Waals surface area contributed by atoms with E-state index in [9.17, 15) is 13.6 Å². The molecule has 2 amide bonds. The van der Waals surface area contributed by atoms with Crippen LogP contribution in [0.1, 0.15) is 26.7 Å². The Labute approximate surface area is 160 Å². The summed E-state index contributed by atoms with van der Waals surface area (Å²) in [5.74, 6) is -0.816. The Morgan fingerprint density at radius 1 is 1.07 bits per heavy atom. The SMILES string of the molecule is CC(C)N1CCC(CNC(=O)NCC2CCN(c3ccc(F)c(F)c3)C2)C1. The monoisotopic (exact) mass is 380 g/mol. The maximum Gasteiger partial charge on any atom is 0.314 e. The van der Waals surface area contributed by atoms with Crippen molar-refractivity contribution in [2.75, 3.05) is 44.2 Å². The second-order valence-corrected chi connectivity index (χ2v) is 8.03. The normalized spacial score (nSPS) is 23.2. The van der Waals surface area contributed by atoms with Gasteiger partial charge in [0.2, 0.25) is 0 Å². The minimum absolute atomic E-state index is 0.121. The summed E-state index contributed by atoms with van der Waals surface area (Å²) in [4.78, 5) is 16.5. The summed E-state index contributed by atoms with van der Waals surface area (Å²) in [6.07, 6.45) is 2.05. The van der Waals surface area contributed by atoms with E-state index in [1.54, 1.807) is 6.07 Å². The lowest BCUT2D eigenvalue weighted by molar-refractivity contribution is 0.235. The molecular formula is C20H30F2N4O. The van der Waals surface area contributed by atoms with Crippen molar-refractivity contribution in [3.63, 3.8) is 0 Å². The molecule has 27 heavy (non-hydrogen) atoms. The number of urea groups is 1. The van der Waals surface area contributed by atoms with Gasteiger partial charge in [0, 0.05) is 50.5 Å². The molecule has 150 valence electrons. The molecule has 2 aliphatic rings. The molecule has 2 unspecified atom stereocenters. The molecule has 0 aliphatic carbocycles. The van der Waals surface area contributed by atoms with E-state index in [-0.39, 0.29) is 6.03 Å². The number of carbonyl (C=O) groups excluding carboxylic acids is 1. The van der Waals surface area contributed by atoms with Crippen molar-refractivity contribution < 1.29 is 13.6 Å². The zero-order valence-corrected chi connectivity index (χ0v) is 16.2. The third kappa shape index (κ3) is 5.31. The van der Waals surface area contributed by atoms with E-state index in [1.165, 1.54) is 6.07 Å². The van der Waals surface area contributed by atoms with Gasteiger partial charge in [-0.3, -0.25) is 0 Å². The molecule has 2 fully saturated rings. The highest BCUT2D eigenvalue weighted by Gasteiger charge is 2.26. The predicted octanol–water partition coefficient (Wildman–Crippen LogP) is 2.82. The lowest BCUT2D eigenvalue weighted by Crippen LogP contribution is -2.41. The molecule has 0 bridgehead atoms. The van der Waals surface area contributed by atoms with Gasteiger partial charge in [0.1, 0.15) is 0 Å². The van der Waals surface area contributed by atoms with Gasteiger partial charge in [-0.25, -0.2) is 13.6 Å². The van der Waals surface area contributed by atoms with Crippen molar-refractivity contribution in [2.45, 2.75) is 32.7 Å². The molecule has 0 spiro atoms. The van der Waals surface area contributed by atoms with Gasteiger partial charge < -0.3 is 20.4 Å². The Kier molecular flexibility index (Phi) is 6.52. The number of hydrogen-bond acceptors (Lipinski definition) is 3. The van der Waals surface area contributed by atoms with E-state index < -0.39 is 11.6 Å². The first-order chi connectivity index (χ1) is 12.9. The van der Waals surface area contributed by atoms with Crippen LogP contribution in [0.4, 0.5) is 19.3 Å². The fourth-order valence-corrected chi connectivity index (χ4v) is 3.95. The van der Waals surface area contributed by atoms with Crippen LogP contribution in [0.2, 0.25) is 0 Å². The number of likely N-dealkylation sites (tertiary alicyclic amines) is 1. The fourth-order valence-electron chi connectivity index (χ4n) is 3.95. The van der Waals surface area contributed by atoms with Crippen LogP contribution < -0.4 is 15.5 Å². The number of anilines is 1. The average Bonchev–Trinajstić information content (AvgIpc) is 3.30. The van der Waals surface area contributed by atoms with Crippen molar-refractivity contribution in [3.8, 4) is 0 Å². The lowest BCUT2D eigenvalue weighted by atomic mass is 10.1.